The van der Waals surface area contributed by atoms with Gasteiger partial charge in [0.25, 0.3) is 0 Å². The molecule has 192 valence electrons. The van der Waals surface area contributed by atoms with Crippen LogP contribution in [0.1, 0.15) is 0 Å². The van der Waals surface area contributed by atoms with Crippen LogP contribution >= 0.6 is 0 Å². The third kappa shape index (κ3) is 3.78. The zero-order chi connectivity index (χ0) is 27.3. The van der Waals surface area contributed by atoms with Gasteiger partial charge in [-0.05, 0) is 94.7 Å². The van der Waals surface area contributed by atoms with E-state index in [1.807, 2.05) is 12.1 Å². The summed E-state index contributed by atoms with van der Waals surface area (Å²) in [7, 11) is 0. The highest BCUT2D eigenvalue weighted by molar-refractivity contribution is 6.23. The first kappa shape index (κ1) is 23.5. The Balaban J connectivity index is 1.44. The van der Waals surface area contributed by atoms with Crippen molar-refractivity contribution in [2.75, 3.05) is 0 Å². The van der Waals surface area contributed by atoms with Gasteiger partial charge in [-0.3, -0.25) is 0 Å². The fourth-order valence-electron chi connectivity index (χ4n) is 6.53. The van der Waals surface area contributed by atoms with Crippen molar-refractivity contribution in [3.05, 3.63) is 152 Å². The molecule has 0 aliphatic heterocycles. The lowest BCUT2D eigenvalue weighted by molar-refractivity contribution is 0.476. The summed E-state index contributed by atoms with van der Waals surface area (Å²) in [5.74, 6) is 0.280. The molecule has 0 bridgehead atoms. The van der Waals surface area contributed by atoms with Gasteiger partial charge < -0.3 is 5.11 Å². The zero-order valence-electron chi connectivity index (χ0n) is 22.4. The van der Waals surface area contributed by atoms with Crippen LogP contribution in [-0.4, -0.2) is 5.11 Å². The fraction of sp³-hybridized carbons (Fsp3) is 0. The Labute approximate surface area is 238 Å². The summed E-state index contributed by atoms with van der Waals surface area (Å²) >= 11 is 0. The van der Waals surface area contributed by atoms with E-state index in [-0.39, 0.29) is 5.75 Å². The Morgan fingerprint density at radius 2 is 0.829 bits per heavy atom. The number of hydrogen-bond acceptors (Lipinski definition) is 1. The first-order valence-corrected chi connectivity index (χ1v) is 14.0. The maximum Gasteiger partial charge on any atom is 0.116 e. The lowest BCUT2D eigenvalue weighted by Gasteiger charge is -2.19. The number of benzene rings is 8. The van der Waals surface area contributed by atoms with Gasteiger partial charge in [-0.15, -0.1) is 0 Å². The molecule has 41 heavy (non-hydrogen) atoms. The highest BCUT2D eigenvalue weighted by Gasteiger charge is 2.18. The Kier molecular flexibility index (Phi) is 5.36. The van der Waals surface area contributed by atoms with Crippen LogP contribution in [0, 0.1) is 0 Å². The summed E-state index contributed by atoms with van der Waals surface area (Å²) in [6, 6.07) is 53.6. The van der Waals surface area contributed by atoms with E-state index in [9.17, 15) is 5.11 Å². The SMILES string of the molecule is Oc1ccc2cccc(-c3cccc(-c4c5ccccc5c(-c5cccc6ccccc56)c5ccccc45)c3)c2c1. The normalized spacial score (nSPS) is 11.5. The molecule has 0 spiro atoms. The number of phenols is 1. The minimum absolute atomic E-state index is 0.280. The summed E-state index contributed by atoms with van der Waals surface area (Å²) < 4.78 is 0. The number of rotatable bonds is 3. The van der Waals surface area contributed by atoms with Crippen LogP contribution in [0.15, 0.2) is 152 Å². The van der Waals surface area contributed by atoms with E-state index in [1.165, 1.54) is 54.6 Å². The van der Waals surface area contributed by atoms with E-state index >= 15 is 0 Å². The monoisotopic (exact) mass is 522 g/mol. The maximum absolute atomic E-state index is 10.3. The molecule has 1 heteroatoms. The first-order chi connectivity index (χ1) is 20.3. The van der Waals surface area contributed by atoms with E-state index in [1.54, 1.807) is 6.07 Å². The van der Waals surface area contributed by atoms with Crippen LogP contribution < -0.4 is 0 Å². The van der Waals surface area contributed by atoms with Crippen molar-refractivity contribution < 1.29 is 5.11 Å². The van der Waals surface area contributed by atoms with Crippen molar-refractivity contribution in [2.45, 2.75) is 0 Å². The van der Waals surface area contributed by atoms with Gasteiger partial charge in [0.15, 0.2) is 0 Å². The second kappa shape index (κ2) is 9.36. The number of aromatic hydroxyl groups is 1. The number of hydrogen-bond donors (Lipinski definition) is 1. The van der Waals surface area contributed by atoms with Crippen molar-refractivity contribution in [1.29, 1.82) is 0 Å². The van der Waals surface area contributed by atoms with E-state index in [4.69, 9.17) is 0 Å². The van der Waals surface area contributed by atoms with Crippen LogP contribution in [-0.2, 0) is 0 Å². The molecular weight excluding hydrogens is 496 g/mol. The van der Waals surface area contributed by atoms with Crippen LogP contribution in [0.3, 0.4) is 0 Å². The molecular formula is C40H26O. The molecule has 8 aromatic rings. The largest absolute Gasteiger partial charge is 0.508 e. The first-order valence-electron chi connectivity index (χ1n) is 14.0. The molecule has 1 nitrogen and oxygen atoms in total. The van der Waals surface area contributed by atoms with Crippen molar-refractivity contribution in [1.82, 2.24) is 0 Å². The lowest BCUT2D eigenvalue weighted by Crippen LogP contribution is -1.92. The second-order valence-corrected chi connectivity index (χ2v) is 10.7. The molecule has 0 amide bonds. The Morgan fingerprint density at radius 1 is 0.317 bits per heavy atom. The quantitative estimate of drug-likeness (QED) is 0.229. The molecule has 8 rings (SSSR count). The topological polar surface area (TPSA) is 20.2 Å². The lowest BCUT2D eigenvalue weighted by atomic mass is 9.84. The van der Waals surface area contributed by atoms with Gasteiger partial charge in [0.05, 0.1) is 0 Å². The van der Waals surface area contributed by atoms with Crippen molar-refractivity contribution in [2.24, 2.45) is 0 Å². The third-order valence-corrected chi connectivity index (χ3v) is 8.32. The van der Waals surface area contributed by atoms with Gasteiger partial charge in [0, 0.05) is 0 Å². The summed E-state index contributed by atoms with van der Waals surface area (Å²) in [5, 5.41) is 19.9. The number of phenolic OH excluding ortho intramolecular Hbond substituents is 1. The van der Waals surface area contributed by atoms with Crippen LogP contribution in [0.5, 0.6) is 5.75 Å². The average molecular weight is 523 g/mol. The summed E-state index contributed by atoms with van der Waals surface area (Å²) in [6.07, 6.45) is 0. The predicted molar refractivity (Wildman–Crippen MR) is 174 cm³/mol. The highest BCUT2D eigenvalue weighted by atomic mass is 16.3. The molecule has 0 fully saturated rings. The Hall–Kier alpha value is -5.40. The fourth-order valence-corrected chi connectivity index (χ4v) is 6.53. The smallest absolute Gasteiger partial charge is 0.116 e. The van der Waals surface area contributed by atoms with Crippen molar-refractivity contribution in [3.8, 4) is 39.1 Å². The Bertz CT molecular complexity index is 2210. The van der Waals surface area contributed by atoms with Crippen LogP contribution in [0.4, 0.5) is 0 Å². The molecule has 0 saturated carbocycles. The second-order valence-electron chi connectivity index (χ2n) is 10.7. The van der Waals surface area contributed by atoms with Gasteiger partial charge in [-0.2, -0.15) is 0 Å². The van der Waals surface area contributed by atoms with Gasteiger partial charge in [0.1, 0.15) is 5.75 Å². The Morgan fingerprint density at radius 3 is 1.54 bits per heavy atom. The van der Waals surface area contributed by atoms with Crippen molar-refractivity contribution in [3.63, 3.8) is 0 Å². The molecule has 0 radical (unpaired) electrons. The minimum atomic E-state index is 0.280. The third-order valence-electron chi connectivity index (χ3n) is 8.32. The molecule has 1 N–H and O–H groups in total. The molecule has 8 aromatic carbocycles. The zero-order valence-corrected chi connectivity index (χ0v) is 22.4. The molecule has 0 unspecified atom stereocenters. The van der Waals surface area contributed by atoms with Gasteiger partial charge in [-0.1, -0.05) is 133 Å². The summed E-state index contributed by atoms with van der Waals surface area (Å²) in [6.45, 7) is 0. The van der Waals surface area contributed by atoms with E-state index in [0.717, 1.165) is 21.9 Å². The van der Waals surface area contributed by atoms with E-state index < -0.39 is 0 Å². The van der Waals surface area contributed by atoms with E-state index in [2.05, 4.69) is 133 Å². The summed E-state index contributed by atoms with van der Waals surface area (Å²) in [4.78, 5) is 0. The molecule has 0 aliphatic carbocycles. The standard InChI is InChI=1S/C40H26O/c41-30-23-22-27-12-8-20-32(38(27)25-30)28-13-7-14-29(24-28)39-34-16-3-5-18-36(34)40(37-19-6-4-17-35(37)39)33-21-9-11-26-10-1-2-15-31(26)33/h1-25,41H. The minimum Gasteiger partial charge on any atom is -0.508 e. The van der Waals surface area contributed by atoms with Gasteiger partial charge in [-0.25, -0.2) is 0 Å². The van der Waals surface area contributed by atoms with Crippen LogP contribution in [0.25, 0.3) is 76.5 Å². The van der Waals surface area contributed by atoms with Gasteiger partial charge >= 0.3 is 0 Å². The van der Waals surface area contributed by atoms with Gasteiger partial charge in [0.2, 0.25) is 0 Å². The van der Waals surface area contributed by atoms with Crippen molar-refractivity contribution >= 4 is 43.1 Å². The maximum atomic E-state index is 10.3. The molecule has 0 saturated heterocycles. The molecule has 0 heterocycles. The molecule has 0 aliphatic rings. The molecule has 0 aromatic heterocycles. The van der Waals surface area contributed by atoms with E-state index in [0.29, 0.717) is 0 Å². The highest BCUT2D eigenvalue weighted by Crippen LogP contribution is 2.45. The molecule has 0 atom stereocenters. The number of fused-ring (bicyclic) bond motifs is 4. The van der Waals surface area contributed by atoms with Crippen LogP contribution in [0.2, 0.25) is 0 Å². The predicted octanol–water partition coefficient (Wildman–Crippen LogP) is 11.0. The summed E-state index contributed by atoms with van der Waals surface area (Å²) in [5.41, 5.74) is 7.19. The average Bonchev–Trinajstić information content (AvgIpc) is 3.03.